The number of carbonyl (C=O) groups excluding carboxylic acids is 1. The topological polar surface area (TPSA) is 225 Å². The van der Waals surface area contributed by atoms with Gasteiger partial charge in [0.25, 0.3) is 11.4 Å². The molecule has 152 valence electrons. The average molecular weight is 394 g/mol. The van der Waals surface area contributed by atoms with Crippen LogP contribution in [-0.4, -0.2) is 26.8 Å². The van der Waals surface area contributed by atoms with Gasteiger partial charge in [0.2, 0.25) is 0 Å². The van der Waals surface area contributed by atoms with Crippen molar-refractivity contribution in [1.82, 2.24) is 0 Å². The highest BCUT2D eigenvalue weighted by molar-refractivity contribution is 6.01. The lowest BCUT2D eigenvalue weighted by molar-refractivity contribution is -0.385. The number of hydrazine groups is 1. The number of para-hydroxylation sites is 2. The molecular weight excluding hydrogens is 372 g/mol. The Bertz CT molecular complexity index is 807. The van der Waals surface area contributed by atoms with Gasteiger partial charge in [-0.3, -0.25) is 36.7 Å². The highest BCUT2D eigenvalue weighted by Crippen LogP contribution is 2.18. The number of hydrogen-bond donors (Lipinski definition) is 3. The van der Waals surface area contributed by atoms with Gasteiger partial charge in [-0.05, 0) is 26.0 Å². The van der Waals surface area contributed by atoms with E-state index in [1.165, 1.54) is 31.2 Å². The Morgan fingerprint density at radius 1 is 0.857 bits per heavy atom. The Morgan fingerprint density at radius 3 is 1.54 bits per heavy atom. The van der Waals surface area contributed by atoms with Crippen molar-refractivity contribution in [3.05, 3.63) is 79.9 Å². The second-order valence-electron chi connectivity index (χ2n) is 4.82. The summed E-state index contributed by atoms with van der Waals surface area (Å²) in [5.74, 6) is 12.7. The number of hydrazone groups is 1. The molecule has 0 saturated carbocycles. The number of nitrogens with two attached hydrogens (primary N) is 3. The molecule has 0 aliphatic rings. The summed E-state index contributed by atoms with van der Waals surface area (Å²) in [5.41, 5.74) is 0.948. The molecule has 0 aliphatic carbocycles. The summed E-state index contributed by atoms with van der Waals surface area (Å²) in [5, 5.41) is 24.3. The zero-order valence-electron chi connectivity index (χ0n) is 15.2. The molecule has 2 aromatic rings. The van der Waals surface area contributed by atoms with Crippen LogP contribution in [0.4, 0.5) is 11.4 Å². The van der Waals surface area contributed by atoms with Crippen molar-refractivity contribution >= 4 is 22.9 Å². The third kappa shape index (κ3) is 7.65. The zero-order valence-corrected chi connectivity index (χ0v) is 15.2. The Hall–Kier alpha value is -3.74. The molecule has 0 amide bonds. The van der Waals surface area contributed by atoms with Gasteiger partial charge in [0.05, 0.1) is 26.7 Å². The van der Waals surface area contributed by atoms with Crippen LogP contribution in [0, 0.1) is 20.2 Å². The number of ketones is 1. The fraction of sp³-hybridized carbons (Fsp3) is 0.125. The maximum absolute atomic E-state index is 10.9. The van der Waals surface area contributed by atoms with Gasteiger partial charge in [0.15, 0.2) is 5.78 Å². The fourth-order valence-electron chi connectivity index (χ4n) is 1.94. The lowest BCUT2D eigenvalue weighted by atomic mass is 10.1. The van der Waals surface area contributed by atoms with E-state index in [0.717, 1.165) is 0 Å². The van der Waals surface area contributed by atoms with Crippen LogP contribution in [0.3, 0.4) is 0 Å². The van der Waals surface area contributed by atoms with Crippen LogP contribution in [0.15, 0.2) is 53.6 Å². The Morgan fingerprint density at radius 2 is 1.21 bits per heavy atom. The van der Waals surface area contributed by atoms with Gasteiger partial charge >= 0.3 is 0 Å². The normalized spacial score (nSPS) is 9.50. The summed E-state index contributed by atoms with van der Waals surface area (Å²) in [7, 11) is 0. The molecule has 0 aliphatic heterocycles. The van der Waals surface area contributed by atoms with Gasteiger partial charge in [-0.1, -0.05) is 24.3 Å². The molecule has 28 heavy (non-hydrogen) atoms. The highest BCUT2D eigenvalue weighted by atomic mass is 16.6. The van der Waals surface area contributed by atoms with E-state index in [1.807, 2.05) is 0 Å². The van der Waals surface area contributed by atoms with Gasteiger partial charge < -0.3 is 11.3 Å². The molecule has 0 unspecified atom stereocenters. The minimum atomic E-state index is -0.559. The van der Waals surface area contributed by atoms with E-state index < -0.39 is 9.85 Å². The number of hydrogen-bond acceptors (Lipinski definition) is 9. The number of nitrogens with zero attached hydrogens (tertiary/aromatic N) is 3. The summed E-state index contributed by atoms with van der Waals surface area (Å²) >= 11 is 0. The van der Waals surface area contributed by atoms with Gasteiger partial charge in [0.1, 0.15) is 0 Å². The molecule has 0 fully saturated rings. The van der Waals surface area contributed by atoms with E-state index in [2.05, 4.69) is 16.8 Å². The van der Waals surface area contributed by atoms with Crippen molar-refractivity contribution in [1.29, 1.82) is 0 Å². The summed E-state index contributed by atoms with van der Waals surface area (Å²) in [6, 6.07) is 12.2. The lowest BCUT2D eigenvalue weighted by Gasteiger charge is -1.99. The van der Waals surface area contributed by atoms with E-state index in [0.29, 0.717) is 11.3 Å². The van der Waals surface area contributed by atoms with Crippen LogP contribution >= 0.6 is 0 Å². The van der Waals surface area contributed by atoms with Crippen LogP contribution in [-0.2, 0) is 0 Å². The number of nitro benzene ring substituents is 2. The molecular formula is C16H22N6O6. The van der Waals surface area contributed by atoms with Crippen molar-refractivity contribution in [3.8, 4) is 0 Å². The molecule has 2 aromatic carbocycles. The molecule has 0 aromatic heterocycles. The fourth-order valence-corrected chi connectivity index (χ4v) is 1.94. The second-order valence-corrected chi connectivity index (χ2v) is 4.82. The smallest absolute Gasteiger partial charge is 0.280 e. The number of nitro groups is 2. The quantitative estimate of drug-likeness (QED) is 0.223. The SMILES string of the molecule is CC(=NN)c1ccccc1[N+](=O)[O-].CC(=O)c1ccccc1[N+](=O)[O-].NN.O. The molecule has 0 heterocycles. The van der Waals surface area contributed by atoms with E-state index in [4.69, 9.17) is 5.84 Å². The largest absolute Gasteiger partial charge is 0.412 e. The molecule has 12 nitrogen and oxygen atoms in total. The monoisotopic (exact) mass is 394 g/mol. The molecule has 12 heteroatoms. The highest BCUT2D eigenvalue weighted by Gasteiger charge is 2.15. The summed E-state index contributed by atoms with van der Waals surface area (Å²) in [6.45, 7) is 2.94. The van der Waals surface area contributed by atoms with E-state index in [-0.39, 0.29) is 28.2 Å². The Balaban J connectivity index is 0. The van der Waals surface area contributed by atoms with Crippen LogP contribution in [0.5, 0.6) is 0 Å². The maximum atomic E-state index is 10.9. The van der Waals surface area contributed by atoms with Gasteiger partial charge in [-0.15, -0.1) is 0 Å². The van der Waals surface area contributed by atoms with Crippen LogP contribution in [0.25, 0.3) is 0 Å². The lowest BCUT2D eigenvalue weighted by Crippen LogP contribution is -2.03. The third-order valence-electron chi connectivity index (χ3n) is 3.16. The molecule has 8 N–H and O–H groups in total. The molecule has 0 bridgehead atoms. The molecule has 0 saturated heterocycles. The summed E-state index contributed by atoms with van der Waals surface area (Å²) in [6.07, 6.45) is 0. The van der Waals surface area contributed by atoms with Crippen molar-refractivity contribution in [2.45, 2.75) is 13.8 Å². The predicted molar refractivity (Wildman–Crippen MR) is 105 cm³/mol. The first-order chi connectivity index (χ1) is 12.8. The third-order valence-corrected chi connectivity index (χ3v) is 3.16. The van der Waals surface area contributed by atoms with E-state index in [1.54, 1.807) is 31.2 Å². The standard InChI is InChI=1S/C8H9N3O2.C8H7NO3.H4N2.H2O/c1-6(10-9)7-4-2-3-5-8(7)11(12)13;1-6(10)7-4-2-3-5-8(7)9(11)12;1-2;/h2-5H,9H2,1H3;2-5H,1H3;1-2H2;1H2. The number of carbonyl (C=O) groups is 1. The van der Waals surface area contributed by atoms with Crippen molar-refractivity contribution in [2.24, 2.45) is 22.6 Å². The Labute approximate surface area is 160 Å². The Kier molecular flexibility index (Phi) is 12.7. The minimum absolute atomic E-state index is 0. The predicted octanol–water partition coefficient (Wildman–Crippen LogP) is 1.07. The summed E-state index contributed by atoms with van der Waals surface area (Å²) < 4.78 is 0. The van der Waals surface area contributed by atoms with Gasteiger partial charge in [0, 0.05) is 12.1 Å². The zero-order chi connectivity index (χ0) is 21.0. The molecule has 0 atom stereocenters. The van der Waals surface area contributed by atoms with Crippen LogP contribution in [0.2, 0.25) is 0 Å². The molecule has 2 rings (SSSR count). The average Bonchev–Trinajstić information content (AvgIpc) is 2.69. The van der Waals surface area contributed by atoms with Crippen LogP contribution < -0.4 is 17.5 Å². The van der Waals surface area contributed by atoms with Gasteiger partial charge in [-0.25, -0.2) is 0 Å². The molecule has 0 spiro atoms. The second kappa shape index (κ2) is 13.5. The first-order valence-corrected chi connectivity index (χ1v) is 7.35. The first-order valence-electron chi connectivity index (χ1n) is 7.35. The minimum Gasteiger partial charge on any atom is -0.412 e. The number of rotatable bonds is 4. The van der Waals surface area contributed by atoms with Crippen LogP contribution in [0.1, 0.15) is 29.8 Å². The summed E-state index contributed by atoms with van der Waals surface area (Å²) in [4.78, 5) is 30.8. The number of Topliss-reactive ketones (excluding diaryl/α,β-unsaturated/α-hetero) is 1. The van der Waals surface area contributed by atoms with Gasteiger partial charge in [-0.2, -0.15) is 5.10 Å². The maximum Gasteiger partial charge on any atom is 0.280 e. The van der Waals surface area contributed by atoms with E-state index >= 15 is 0 Å². The van der Waals surface area contributed by atoms with Crippen molar-refractivity contribution < 1.29 is 20.1 Å². The van der Waals surface area contributed by atoms with E-state index in [9.17, 15) is 25.0 Å². The number of benzene rings is 2. The first kappa shape index (κ1) is 26.5. The van der Waals surface area contributed by atoms with Crippen molar-refractivity contribution in [3.63, 3.8) is 0 Å². The molecule has 0 radical (unpaired) electrons. The van der Waals surface area contributed by atoms with Crippen molar-refractivity contribution in [2.75, 3.05) is 0 Å².